The minimum Gasteiger partial charge on any atom is -0.355 e. The fourth-order valence-corrected chi connectivity index (χ4v) is 3.43. The van der Waals surface area contributed by atoms with E-state index in [0.717, 1.165) is 0 Å². The maximum absolute atomic E-state index is 3.61. The van der Waals surface area contributed by atoms with Crippen LogP contribution in [0.15, 0.2) is 42.5 Å². The number of hydrogen-bond acceptors (Lipinski definition) is 1. The Hall–Kier alpha value is -1.76. The van der Waals surface area contributed by atoms with Gasteiger partial charge in [0.25, 0.3) is 0 Å². The maximum atomic E-state index is 3.61. The Morgan fingerprint density at radius 2 is 1.70 bits per heavy atom. The second-order valence-corrected chi connectivity index (χ2v) is 6.24. The van der Waals surface area contributed by atoms with Crippen molar-refractivity contribution in [1.82, 2.24) is 0 Å². The first-order valence-corrected chi connectivity index (χ1v) is 7.63. The van der Waals surface area contributed by atoms with Crippen LogP contribution in [0.2, 0.25) is 0 Å². The van der Waals surface area contributed by atoms with Gasteiger partial charge in [0.05, 0.1) is 0 Å². The third-order valence-corrected chi connectivity index (χ3v) is 4.45. The van der Waals surface area contributed by atoms with Crippen molar-refractivity contribution < 1.29 is 0 Å². The average molecular weight is 265 g/mol. The molecule has 0 saturated carbocycles. The molecule has 1 nitrogen and oxygen atoms in total. The lowest BCUT2D eigenvalue weighted by Crippen LogP contribution is -2.27. The summed E-state index contributed by atoms with van der Waals surface area (Å²) in [7, 11) is 0. The van der Waals surface area contributed by atoms with Crippen LogP contribution in [0.1, 0.15) is 50.3 Å². The maximum Gasteiger partial charge on any atom is 0.0428 e. The Kier molecular flexibility index (Phi) is 3.29. The topological polar surface area (TPSA) is 12.0 Å². The van der Waals surface area contributed by atoms with Crippen molar-refractivity contribution >= 4 is 11.4 Å². The van der Waals surface area contributed by atoms with Gasteiger partial charge in [0, 0.05) is 16.8 Å². The van der Waals surface area contributed by atoms with Crippen molar-refractivity contribution in [3.63, 3.8) is 0 Å². The highest BCUT2D eigenvalue weighted by Gasteiger charge is 2.33. The Morgan fingerprint density at radius 3 is 2.50 bits per heavy atom. The van der Waals surface area contributed by atoms with E-state index in [2.05, 4.69) is 68.6 Å². The van der Waals surface area contributed by atoms with E-state index in [-0.39, 0.29) is 5.41 Å². The predicted octanol–water partition coefficient (Wildman–Crippen LogP) is 5.41. The molecule has 1 heteroatoms. The van der Waals surface area contributed by atoms with Gasteiger partial charge in [-0.2, -0.15) is 0 Å². The molecular formula is C19H23N. The lowest BCUT2D eigenvalue weighted by molar-refractivity contribution is 0.624. The first-order chi connectivity index (χ1) is 9.64. The van der Waals surface area contributed by atoms with Gasteiger partial charge in [0.2, 0.25) is 0 Å². The number of unbranched alkanes of at least 4 members (excludes halogenated alkanes) is 1. The Balaban J connectivity index is 2.14. The molecule has 0 aliphatic carbocycles. The van der Waals surface area contributed by atoms with E-state index in [1.165, 1.54) is 47.3 Å². The van der Waals surface area contributed by atoms with Crippen molar-refractivity contribution in [3.8, 4) is 0 Å². The Bertz CT molecular complexity index is 625. The summed E-state index contributed by atoms with van der Waals surface area (Å²) in [5.41, 5.74) is 6.97. The lowest BCUT2D eigenvalue weighted by atomic mass is 9.72. The molecule has 0 saturated heterocycles. The van der Waals surface area contributed by atoms with Crippen LogP contribution < -0.4 is 5.32 Å². The monoisotopic (exact) mass is 265 g/mol. The summed E-state index contributed by atoms with van der Waals surface area (Å²) in [6.07, 6.45) is 3.68. The fraction of sp³-hybridized carbons (Fsp3) is 0.368. The van der Waals surface area contributed by atoms with Gasteiger partial charge < -0.3 is 5.32 Å². The molecule has 2 aromatic rings. The third-order valence-electron chi connectivity index (χ3n) is 4.45. The number of rotatable bonds is 3. The highest BCUT2D eigenvalue weighted by molar-refractivity contribution is 5.76. The summed E-state index contributed by atoms with van der Waals surface area (Å²) in [5, 5.41) is 3.61. The molecule has 0 unspecified atom stereocenters. The molecule has 1 aliphatic rings. The first kappa shape index (κ1) is 13.2. The summed E-state index contributed by atoms with van der Waals surface area (Å²) >= 11 is 0. The molecule has 0 amide bonds. The number of hydrogen-bond donors (Lipinski definition) is 1. The number of nitrogens with one attached hydrogen (secondary N) is 1. The lowest BCUT2D eigenvalue weighted by Gasteiger charge is -2.37. The number of aryl methyl sites for hydroxylation is 1. The fourth-order valence-electron chi connectivity index (χ4n) is 3.43. The second kappa shape index (κ2) is 4.97. The molecule has 0 spiro atoms. The number of fused-ring (bicyclic) bond motifs is 2. The Labute approximate surface area is 122 Å². The molecule has 0 fully saturated rings. The van der Waals surface area contributed by atoms with Gasteiger partial charge in [-0.1, -0.05) is 57.5 Å². The molecule has 0 bridgehead atoms. The van der Waals surface area contributed by atoms with Crippen molar-refractivity contribution in [1.29, 1.82) is 0 Å². The molecule has 0 radical (unpaired) electrons. The van der Waals surface area contributed by atoms with Crippen LogP contribution in [0.5, 0.6) is 0 Å². The third kappa shape index (κ3) is 2.02. The summed E-state index contributed by atoms with van der Waals surface area (Å²) in [6.45, 7) is 6.95. The van der Waals surface area contributed by atoms with Crippen LogP contribution in [-0.2, 0) is 11.8 Å². The van der Waals surface area contributed by atoms with Gasteiger partial charge in [-0.3, -0.25) is 0 Å². The Morgan fingerprint density at radius 1 is 0.950 bits per heavy atom. The zero-order valence-corrected chi connectivity index (χ0v) is 12.7. The van der Waals surface area contributed by atoms with Gasteiger partial charge in [0.1, 0.15) is 0 Å². The normalized spacial score (nSPS) is 15.2. The van der Waals surface area contributed by atoms with Gasteiger partial charge >= 0.3 is 0 Å². The highest BCUT2D eigenvalue weighted by Crippen LogP contribution is 2.46. The van der Waals surface area contributed by atoms with Crippen LogP contribution in [0.4, 0.5) is 11.4 Å². The number of anilines is 2. The molecule has 1 N–H and O–H groups in total. The average Bonchev–Trinajstić information content (AvgIpc) is 2.45. The molecule has 3 rings (SSSR count). The van der Waals surface area contributed by atoms with Crippen LogP contribution in [0, 0.1) is 0 Å². The van der Waals surface area contributed by atoms with E-state index < -0.39 is 0 Å². The van der Waals surface area contributed by atoms with Crippen LogP contribution in [-0.4, -0.2) is 0 Å². The molecule has 2 aromatic carbocycles. The quantitative estimate of drug-likeness (QED) is 0.782. The molecule has 1 heterocycles. The van der Waals surface area contributed by atoms with Gasteiger partial charge in [-0.15, -0.1) is 0 Å². The van der Waals surface area contributed by atoms with Crippen molar-refractivity contribution in [3.05, 3.63) is 59.2 Å². The number of para-hydroxylation sites is 1. The van der Waals surface area contributed by atoms with Gasteiger partial charge in [0.15, 0.2) is 0 Å². The smallest absolute Gasteiger partial charge is 0.0428 e. The van der Waals surface area contributed by atoms with Crippen LogP contribution in [0.3, 0.4) is 0 Å². The van der Waals surface area contributed by atoms with Crippen molar-refractivity contribution in [2.24, 2.45) is 0 Å². The molecule has 0 aromatic heterocycles. The van der Waals surface area contributed by atoms with Crippen molar-refractivity contribution in [2.45, 2.75) is 45.4 Å². The first-order valence-electron chi connectivity index (χ1n) is 7.63. The summed E-state index contributed by atoms with van der Waals surface area (Å²) in [6, 6.07) is 15.4. The largest absolute Gasteiger partial charge is 0.355 e. The van der Waals surface area contributed by atoms with E-state index in [0.29, 0.717) is 0 Å². The number of benzene rings is 2. The minimum absolute atomic E-state index is 0.0709. The van der Waals surface area contributed by atoms with Crippen LogP contribution in [0.25, 0.3) is 0 Å². The molecule has 1 aliphatic heterocycles. The molecular weight excluding hydrogens is 242 g/mol. The summed E-state index contributed by atoms with van der Waals surface area (Å²) < 4.78 is 0. The van der Waals surface area contributed by atoms with E-state index in [1.54, 1.807) is 0 Å². The molecule has 104 valence electrons. The predicted molar refractivity (Wildman–Crippen MR) is 86.9 cm³/mol. The zero-order chi connectivity index (χ0) is 14.2. The van der Waals surface area contributed by atoms with E-state index >= 15 is 0 Å². The molecule has 0 atom stereocenters. The van der Waals surface area contributed by atoms with Gasteiger partial charge in [-0.05, 0) is 41.7 Å². The van der Waals surface area contributed by atoms with Crippen molar-refractivity contribution in [2.75, 3.05) is 5.32 Å². The standard InChI is InChI=1S/C19H23N/c1-4-5-9-14-10-8-13-17-18(14)19(2,3)15-11-6-7-12-16(15)20-17/h6-8,10-13,20H,4-5,9H2,1-3H3. The minimum atomic E-state index is 0.0709. The van der Waals surface area contributed by atoms with Crippen LogP contribution >= 0.6 is 0 Å². The van der Waals surface area contributed by atoms with E-state index in [1.807, 2.05) is 0 Å². The summed E-state index contributed by atoms with van der Waals surface area (Å²) in [5.74, 6) is 0. The van der Waals surface area contributed by atoms with E-state index in [4.69, 9.17) is 0 Å². The highest BCUT2D eigenvalue weighted by atomic mass is 14.9. The SMILES string of the molecule is CCCCc1cccc2c1C(C)(C)c1ccccc1N2. The second-order valence-electron chi connectivity index (χ2n) is 6.24. The van der Waals surface area contributed by atoms with E-state index in [9.17, 15) is 0 Å². The van der Waals surface area contributed by atoms with Gasteiger partial charge in [-0.25, -0.2) is 0 Å². The zero-order valence-electron chi connectivity index (χ0n) is 12.7. The molecule has 20 heavy (non-hydrogen) atoms. The summed E-state index contributed by atoms with van der Waals surface area (Å²) in [4.78, 5) is 0.